The molecule has 0 saturated carbocycles. The zero-order valence-electron chi connectivity index (χ0n) is 13.6. The minimum atomic E-state index is 0. The molecule has 0 unspecified atom stereocenters. The highest BCUT2D eigenvalue weighted by Gasteiger charge is 2.35. The molecule has 2 aromatic rings. The Labute approximate surface area is 153 Å². The van der Waals surface area contributed by atoms with E-state index in [0.29, 0.717) is 17.7 Å². The second kappa shape index (κ2) is 6.83. The monoisotopic (exact) mass is 365 g/mol. The van der Waals surface area contributed by atoms with E-state index in [-0.39, 0.29) is 18.2 Å². The fraction of sp³-hybridized carbons (Fsp3) is 0.368. The summed E-state index contributed by atoms with van der Waals surface area (Å²) in [4.78, 5) is 2.48. The minimum Gasteiger partial charge on any atom is -0.504 e. The van der Waals surface area contributed by atoms with Gasteiger partial charge in [0.1, 0.15) is 0 Å². The van der Waals surface area contributed by atoms with Crippen LogP contribution >= 0.6 is 24.0 Å². The fourth-order valence-electron chi connectivity index (χ4n) is 4.11. The van der Waals surface area contributed by atoms with Gasteiger partial charge in [0.15, 0.2) is 11.5 Å². The number of alkyl halides is 1. The Balaban J connectivity index is 0.00000169. The SMILES string of the molecule is COc1ccc2c(c1O)-c1cccc3c1[C@@H](C2)N(CCCl)CC3.Cl. The largest absolute Gasteiger partial charge is 0.504 e. The molecule has 0 saturated heterocycles. The third-order valence-electron chi connectivity index (χ3n) is 5.14. The molecule has 0 radical (unpaired) electrons. The van der Waals surface area contributed by atoms with Crippen molar-refractivity contribution in [2.75, 3.05) is 26.1 Å². The topological polar surface area (TPSA) is 32.7 Å². The van der Waals surface area contributed by atoms with E-state index in [2.05, 4.69) is 29.2 Å². The van der Waals surface area contributed by atoms with Gasteiger partial charge in [-0.3, -0.25) is 4.90 Å². The molecule has 1 heterocycles. The van der Waals surface area contributed by atoms with E-state index >= 15 is 0 Å². The van der Waals surface area contributed by atoms with E-state index in [0.717, 1.165) is 37.1 Å². The molecule has 128 valence electrons. The van der Waals surface area contributed by atoms with E-state index in [1.54, 1.807) is 7.11 Å². The van der Waals surface area contributed by atoms with Crippen LogP contribution in [-0.4, -0.2) is 36.1 Å². The first kappa shape index (κ1) is 17.4. The third-order valence-corrected chi connectivity index (χ3v) is 5.31. The first-order valence-electron chi connectivity index (χ1n) is 8.05. The van der Waals surface area contributed by atoms with Gasteiger partial charge in [-0.15, -0.1) is 24.0 Å². The van der Waals surface area contributed by atoms with Gasteiger partial charge in [0.2, 0.25) is 0 Å². The smallest absolute Gasteiger partial charge is 0.165 e. The van der Waals surface area contributed by atoms with Crippen molar-refractivity contribution in [2.24, 2.45) is 0 Å². The van der Waals surface area contributed by atoms with Crippen LogP contribution < -0.4 is 4.74 Å². The number of phenols is 1. The van der Waals surface area contributed by atoms with Crippen LogP contribution in [0.3, 0.4) is 0 Å². The summed E-state index contributed by atoms with van der Waals surface area (Å²) in [7, 11) is 1.59. The van der Waals surface area contributed by atoms with Crippen molar-refractivity contribution < 1.29 is 9.84 Å². The van der Waals surface area contributed by atoms with Crippen LogP contribution in [0, 0.1) is 0 Å². The Morgan fingerprint density at radius 3 is 2.83 bits per heavy atom. The molecule has 1 aliphatic heterocycles. The first-order chi connectivity index (χ1) is 11.2. The predicted molar refractivity (Wildman–Crippen MR) is 99.8 cm³/mol. The first-order valence-corrected chi connectivity index (χ1v) is 8.59. The highest BCUT2D eigenvalue weighted by Crippen LogP contribution is 2.50. The van der Waals surface area contributed by atoms with Gasteiger partial charge in [0.05, 0.1) is 7.11 Å². The summed E-state index contributed by atoms with van der Waals surface area (Å²) in [5.41, 5.74) is 6.01. The molecule has 2 aliphatic rings. The van der Waals surface area contributed by atoms with Crippen LogP contribution in [0.25, 0.3) is 11.1 Å². The predicted octanol–water partition coefficient (Wildman–Crippen LogP) is 4.18. The van der Waals surface area contributed by atoms with Crippen LogP contribution in [0.4, 0.5) is 0 Å². The number of nitrogens with zero attached hydrogens (tertiary/aromatic N) is 1. The van der Waals surface area contributed by atoms with E-state index in [9.17, 15) is 5.11 Å². The maximum atomic E-state index is 10.7. The number of rotatable bonds is 3. The summed E-state index contributed by atoms with van der Waals surface area (Å²) in [5, 5.41) is 10.7. The zero-order valence-corrected chi connectivity index (χ0v) is 15.2. The van der Waals surface area contributed by atoms with Crippen molar-refractivity contribution in [2.45, 2.75) is 18.9 Å². The van der Waals surface area contributed by atoms with E-state index < -0.39 is 0 Å². The number of fused-ring (bicyclic) bond motifs is 2. The van der Waals surface area contributed by atoms with Crippen molar-refractivity contribution >= 4 is 24.0 Å². The molecule has 0 bridgehead atoms. The average molecular weight is 366 g/mol. The van der Waals surface area contributed by atoms with Crippen molar-refractivity contribution in [3.63, 3.8) is 0 Å². The molecule has 24 heavy (non-hydrogen) atoms. The Hall–Kier alpha value is -1.42. The number of ether oxygens (including phenoxy) is 1. The number of benzene rings is 2. The van der Waals surface area contributed by atoms with Crippen molar-refractivity contribution in [1.82, 2.24) is 4.90 Å². The number of aromatic hydroxyl groups is 1. The van der Waals surface area contributed by atoms with Crippen molar-refractivity contribution in [1.29, 1.82) is 0 Å². The molecule has 0 fully saturated rings. The number of phenolic OH excluding ortho intramolecular Hbond substituents is 1. The normalized spacial score (nSPS) is 18.3. The fourth-order valence-corrected chi connectivity index (χ4v) is 4.33. The van der Waals surface area contributed by atoms with Crippen molar-refractivity contribution in [3.8, 4) is 22.6 Å². The quantitative estimate of drug-likeness (QED) is 0.827. The molecule has 2 aromatic carbocycles. The molecule has 1 N–H and O–H groups in total. The van der Waals surface area contributed by atoms with Crippen LogP contribution in [0.5, 0.6) is 11.5 Å². The van der Waals surface area contributed by atoms with Gasteiger partial charge in [-0.1, -0.05) is 24.3 Å². The molecule has 5 heteroatoms. The number of hydrogen-bond acceptors (Lipinski definition) is 3. The molecule has 1 aliphatic carbocycles. The number of hydrogen-bond donors (Lipinski definition) is 1. The van der Waals surface area contributed by atoms with Crippen molar-refractivity contribution in [3.05, 3.63) is 47.0 Å². The molecular formula is C19H21Cl2NO2. The Morgan fingerprint density at radius 2 is 2.08 bits per heavy atom. The Bertz CT molecular complexity index is 763. The van der Waals surface area contributed by atoms with Gasteiger partial charge >= 0.3 is 0 Å². The highest BCUT2D eigenvalue weighted by atomic mass is 35.5. The lowest BCUT2D eigenvalue weighted by Crippen LogP contribution is -2.39. The molecule has 4 rings (SSSR count). The van der Waals surface area contributed by atoms with Crippen LogP contribution in [0.1, 0.15) is 22.7 Å². The van der Waals surface area contributed by atoms with Gasteiger partial charge < -0.3 is 9.84 Å². The maximum absolute atomic E-state index is 10.7. The molecule has 0 amide bonds. The standard InChI is InChI=1S/C19H20ClNO2.ClH/c1-23-16-6-5-13-11-15-17-12(7-9-21(15)10-8-20)3-2-4-14(17)18(13)19(16)22;/h2-6,15,22H,7-11H2,1H3;1H/t15-;/m1./s1. The summed E-state index contributed by atoms with van der Waals surface area (Å²) >= 11 is 6.01. The Morgan fingerprint density at radius 1 is 1.25 bits per heavy atom. The van der Waals surface area contributed by atoms with E-state index in [1.165, 1.54) is 16.7 Å². The maximum Gasteiger partial charge on any atom is 0.165 e. The molecule has 0 aromatic heterocycles. The second-order valence-electron chi connectivity index (χ2n) is 6.22. The summed E-state index contributed by atoms with van der Waals surface area (Å²) in [6.45, 7) is 1.95. The second-order valence-corrected chi connectivity index (χ2v) is 6.60. The van der Waals surface area contributed by atoms with E-state index in [1.807, 2.05) is 6.07 Å². The summed E-state index contributed by atoms with van der Waals surface area (Å²) in [6.07, 6.45) is 1.95. The van der Waals surface area contributed by atoms with E-state index in [4.69, 9.17) is 16.3 Å². The van der Waals surface area contributed by atoms with Gasteiger partial charge in [-0.2, -0.15) is 0 Å². The van der Waals surface area contributed by atoms with Gasteiger partial charge in [0, 0.05) is 30.6 Å². The van der Waals surface area contributed by atoms with Gasteiger partial charge in [-0.05, 0) is 41.2 Å². The molecule has 0 spiro atoms. The lowest BCUT2D eigenvalue weighted by molar-refractivity contribution is 0.194. The number of methoxy groups -OCH3 is 1. The summed E-state index contributed by atoms with van der Waals surface area (Å²) < 4.78 is 5.31. The summed E-state index contributed by atoms with van der Waals surface area (Å²) in [6, 6.07) is 10.7. The van der Waals surface area contributed by atoms with Crippen LogP contribution in [0.2, 0.25) is 0 Å². The lowest BCUT2D eigenvalue weighted by atomic mass is 9.77. The van der Waals surface area contributed by atoms with Crippen LogP contribution in [0.15, 0.2) is 30.3 Å². The highest BCUT2D eigenvalue weighted by molar-refractivity contribution is 6.18. The number of halogens is 2. The van der Waals surface area contributed by atoms with Gasteiger partial charge in [0.25, 0.3) is 0 Å². The zero-order chi connectivity index (χ0) is 16.0. The molecular weight excluding hydrogens is 345 g/mol. The van der Waals surface area contributed by atoms with Crippen LogP contribution in [-0.2, 0) is 12.8 Å². The third kappa shape index (κ3) is 2.55. The lowest BCUT2D eigenvalue weighted by Gasteiger charge is -2.41. The summed E-state index contributed by atoms with van der Waals surface area (Å²) in [5.74, 6) is 1.44. The molecule has 1 atom stereocenters. The minimum absolute atomic E-state index is 0. The average Bonchev–Trinajstić information content (AvgIpc) is 2.57. The van der Waals surface area contributed by atoms with Gasteiger partial charge in [-0.25, -0.2) is 0 Å². The molecule has 3 nitrogen and oxygen atoms in total. The Kier molecular flexibility index (Phi) is 4.95.